The Labute approximate surface area is 158 Å². The molecule has 1 N–H and O–H groups in total. The predicted molar refractivity (Wildman–Crippen MR) is 102 cm³/mol. The van der Waals surface area contributed by atoms with E-state index in [2.05, 4.69) is 19.9 Å². The second-order valence-electron chi connectivity index (χ2n) is 5.67. The first-order valence-electron chi connectivity index (χ1n) is 7.87. The summed E-state index contributed by atoms with van der Waals surface area (Å²) in [6.45, 7) is 0. The molecule has 0 atom stereocenters. The van der Waals surface area contributed by atoms with Crippen LogP contribution in [-0.4, -0.2) is 25.7 Å². The summed E-state index contributed by atoms with van der Waals surface area (Å²) in [5.41, 5.74) is 5.53. The number of thiazole rings is 1. The Morgan fingerprint density at radius 1 is 1.08 bits per heavy atom. The molecule has 0 spiro atoms. The van der Waals surface area contributed by atoms with Gasteiger partial charge in [-0.3, -0.25) is 9.78 Å². The maximum absolute atomic E-state index is 12.1. The van der Waals surface area contributed by atoms with Crippen molar-refractivity contribution in [3.63, 3.8) is 0 Å². The Morgan fingerprint density at radius 2 is 2.00 bits per heavy atom. The molecule has 1 aromatic carbocycles. The van der Waals surface area contributed by atoms with Crippen LogP contribution in [0.5, 0.6) is 0 Å². The van der Waals surface area contributed by atoms with Gasteiger partial charge in [-0.05, 0) is 24.3 Å². The molecule has 0 saturated heterocycles. The van der Waals surface area contributed by atoms with E-state index in [1.807, 2.05) is 36.4 Å². The van der Waals surface area contributed by atoms with Crippen molar-refractivity contribution in [3.05, 3.63) is 76.1 Å². The van der Waals surface area contributed by atoms with E-state index >= 15 is 0 Å². The Kier molecular flexibility index (Phi) is 4.60. The molecule has 26 heavy (non-hydrogen) atoms. The molecule has 0 amide bonds. The van der Waals surface area contributed by atoms with E-state index in [9.17, 15) is 4.79 Å². The van der Waals surface area contributed by atoms with E-state index in [0.29, 0.717) is 22.2 Å². The quantitative estimate of drug-likeness (QED) is 0.510. The van der Waals surface area contributed by atoms with Gasteiger partial charge >= 0.3 is 0 Å². The summed E-state index contributed by atoms with van der Waals surface area (Å²) in [5.74, 6) is 0.678. The number of carbonyl (C=O) groups excluding carboxylic acids is 1. The maximum Gasteiger partial charge on any atom is 0.187 e. The summed E-state index contributed by atoms with van der Waals surface area (Å²) in [6, 6.07) is 11.3. The number of ketones is 1. The van der Waals surface area contributed by atoms with Gasteiger partial charge in [0.15, 0.2) is 5.78 Å². The highest BCUT2D eigenvalue weighted by Gasteiger charge is 2.11. The lowest BCUT2D eigenvalue weighted by Gasteiger charge is -2.01. The van der Waals surface area contributed by atoms with Gasteiger partial charge in [0.25, 0.3) is 0 Å². The molecule has 0 unspecified atom stereocenters. The van der Waals surface area contributed by atoms with Gasteiger partial charge in [-0.1, -0.05) is 23.7 Å². The molecule has 5 nitrogen and oxygen atoms in total. The van der Waals surface area contributed by atoms with E-state index in [0.717, 1.165) is 16.8 Å². The largest absolute Gasteiger partial charge is 0.338 e. The highest BCUT2D eigenvalue weighted by molar-refractivity contribution is 7.07. The second kappa shape index (κ2) is 7.19. The highest BCUT2D eigenvalue weighted by atomic mass is 35.5. The molecule has 4 rings (SSSR count). The van der Waals surface area contributed by atoms with E-state index in [1.165, 1.54) is 11.3 Å². The number of imidazole rings is 1. The van der Waals surface area contributed by atoms with Gasteiger partial charge in [0.2, 0.25) is 0 Å². The summed E-state index contributed by atoms with van der Waals surface area (Å²) in [7, 11) is 0. The lowest BCUT2D eigenvalue weighted by molar-refractivity contribution is 0.0988. The topological polar surface area (TPSA) is 71.5 Å². The van der Waals surface area contributed by atoms with Crippen LogP contribution in [-0.2, 0) is 6.42 Å². The number of benzene rings is 1. The van der Waals surface area contributed by atoms with Crippen molar-refractivity contribution in [2.45, 2.75) is 6.42 Å². The summed E-state index contributed by atoms with van der Waals surface area (Å²) in [5, 5.41) is 2.42. The smallest absolute Gasteiger partial charge is 0.187 e. The molecular formula is C19H13ClN4OS. The molecule has 3 heterocycles. The first-order chi connectivity index (χ1) is 12.7. The Morgan fingerprint density at radius 3 is 2.73 bits per heavy atom. The summed E-state index contributed by atoms with van der Waals surface area (Å²) in [6.07, 6.45) is 3.71. The van der Waals surface area contributed by atoms with Gasteiger partial charge < -0.3 is 4.98 Å². The first-order valence-corrected chi connectivity index (χ1v) is 9.19. The minimum atomic E-state index is -0.0345. The molecule has 0 aliphatic heterocycles. The van der Waals surface area contributed by atoms with Crippen molar-refractivity contribution in [3.8, 4) is 22.6 Å². The van der Waals surface area contributed by atoms with Crippen LogP contribution in [0, 0.1) is 0 Å². The van der Waals surface area contributed by atoms with Crippen LogP contribution in [0.3, 0.4) is 0 Å². The van der Waals surface area contributed by atoms with Crippen molar-refractivity contribution in [2.24, 2.45) is 0 Å². The fourth-order valence-electron chi connectivity index (χ4n) is 2.55. The molecule has 0 aliphatic carbocycles. The van der Waals surface area contributed by atoms with Crippen LogP contribution in [0.15, 0.2) is 59.7 Å². The highest BCUT2D eigenvalue weighted by Crippen LogP contribution is 2.24. The summed E-state index contributed by atoms with van der Waals surface area (Å²) in [4.78, 5) is 28.2. The van der Waals surface area contributed by atoms with Crippen LogP contribution in [0.4, 0.5) is 0 Å². The van der Waals surface area contributed by atoms with Crippen LogP contribution >= 0.6 is 22.9 Å². The second-order valence-corrected chi connectivity index (χ2v) is 6.82. The van der Waals surface area contributed by atoms with E-state index in [-0.39, 0.29) is 12.2 Å². The standard InChI is InChI=1S/C19H13ClN4OS/c20-14-3-1-2-12(6-14)16-9-22-19(24-16)13-4-5-15(21-8-13)7-18(25)17-10-26-11-23-17/h1-6,8-11H,7H2,(H,22,24). The number of hydrogen-bond acceptors (Lipinski definition) is 5. The van der Waals surface area contributed by atoms with Gasteiger partial charge in [0.05, 0.1) is 23.8 Å². The average molecular weight is 381 g/mol. The van der Waals surface area contributed by atoms with E-state index < -0.39 is 0 Å². The van der Waals surface area contributed by atoms with Crippen LogP contribution in [0.25, 0.3) is 22.6 Å². The molecule has 4 aromatic rings. The number of aromatic amines is 1. The molecule has 3 aromatic heterocycles. The minimum absolute atomic E-state index is 0.0345. The number of aromatic nitrogens is 4. The van der Waals surface area contributed by atoms with Gasteiger partial charge in [-0.25, -0.2) is 9.97 Å². The zero-order valence-electron chi connectivity index (χ0n) is 13.5. The lowest BCUT2D eigenvalue weighted by Crippen LogP contribution is -2.05. The maximum atomic E-state index is 12.1. The Balaban J connectivity index is 1.51. The van der Waals surface area contributed by atoms with Crippen LogP contribution in [0.1, 0.15) is 16.2 Å². The number of halogens is 1. The number of rotatable bonds is 5. The Bertz CT molecular complexity index is 1040. The number of H-pyrrole nitrogens is 1. The molecule has 0 radical (unpaired) electrons. The number of pyridine rings is 1. The molecule has 128 valence electrons. The third kappa shape index (κ3) is 3.56. The zero-order chi connectivity index (χ0) is 17.9. The van der Waals surface area contributed by atoms with Gasteiger partial charge in [0.1, 0.15) is 11.5 Å². The normalized spacial score (nSPS) is 10.8. The summed E-state index contributed by atoms with van der Waals surface area (Å²) < 4.78 is 0. The fraction of sp³-hybridized carbons (Fsp3) is 0.0526. The molecule has 0 fully saturated rings. The average Bonchev–Trinajstić information content (AvgIpc) is 3.35. The van der Waals surface area contributed by atoms with Gasteiger partial charge in [-0.2, -0.15) is 0 Å². The number of nitrogens with zero attached hydrogens (tertiary/aromatic N) is 3. The molecular weight excluding hydrogens is 368 g/mol. The van der Waals surface area contributed by atoms with Crippen molar-refractivity contribution >= 4 is 28.7 Å². The SMILES string of the molecule is O=C(Cc1ccc(-c2ncc(-c3cccc(Cl)c3)[nH]2)cn1)c1cscn1. The molecule has 0 bridgehead atoms. The molecule has 0 saturated carbocycles. The fourth-order valence-corrected chi connectivity index (χ4v) is 3.29. The third-order valence-electron chi connectivity index (χ3n) is 3.87. The van der Waals surface area contributed by atoms with E-state index in [4.69, 9.17) is 11.6 Å². The summed E-state index contributed by atoms with van der Waals surface area (Å²) >= 11 is 7.45. The minimum Gasteiger partial charge on any atom is -0.338 e. The number of carbonyl (C=O) groups is 1. The number of Topliss-reactive ketones (excluding diaryl/α,β-unsaturated/α-hetero) is 1. The third-order valence-corrected chi connectivity index (χ3v) is 4.69. The van der Waals surface area contributed by atoms with Gasteiger partial charge in [0, 0.05) is 33.4 Å². The monoisotopic (exact) mass is 380 g/mol. The van der Waals surface area contributed by atoms with Crippen molar-refractivity contribution in [2.75, 3.05) is 0 Å². The van der Waals surface area contributed by atoms with Gasteiger partial charge in [-0.15, -0.1) is 11.3 Å². The zero-order valence-corrected chi connectivity index (χ0v) is 15.1. The van der Waals surface area contributed by atoms with Crippen molar-refractivity contribution in [1.82, 2.24) is 19.9 Å². The van der Waals surface area contributed by atoms with Crippen LogP contribution in [0.2, 0.25) is 5.02 Å². The Hall–Kier alpha value is -2.83. The number of hydrogen-bond donors (Lipinski definition) is 1. The predicted octanol–water partition coefficient (Wildman–Crippen LogP) is 4.67. The number of nitrogens with one attached hydrogen (secondary N) is 1. The van der Waals surface area contributed by atoms with Crippen molar-refractivity contribution in [1.29, 1.82) is 0 Å². The van der Waals surface area contributed by atoms with Crippen molar-refractivity contribution < 1.29 is 4.79 Å². The van der Waals surface area contributed by atoms with Crippen LogP contribution < -0.4 is 0 Å². The first kappa shape index (κ1) is 16.6. The van der Waals surface area contributed by atoms with E-state index in [1.54, 1.807) is 23.3 Å². The lowest BCUT2D eigenvalue weighted by atomic mass is 10.1. The molecule has 0 aliphatic rings. The molecule has 7 heteroatoms.